The molecule has 0 unspecified atom stereocenters. The zero-order valence-corrected chi connectivity index (χ0v) is 22.1. The normalized spacial score (nSPS) is 21.8. The Morgan fingerprint density at radius 1 is 0.895 bits per heavy atom. The molecule has 0 saturated heterocycles. The molecule has 38 heavy (non-hydrogen) atoms. The van der Waals surface area contributed by atoms with E-state index in [4.69, 9.17) is 10.5 Å². The third-order valence-corrected chi connectivity index (χ3v) is 8.81. The van der Waals surface area contributed by atoms with Crippen LogP contribution in [0.25, 0.3) is 11.1 Å². The number of carbonyl (C=O) groups excluding carboxylic acids is 1. The van der Waals surface area contributed by atoms with Crippen molar-refractivity contribution in [2.75, 3.05) is 19.6 Å². The first-order valence-electron chi connectivity index (χ1n) is 14.3. The summed E-state index contributed by atoms with van der Waals surface area (Å²) in [6.45, 7) is 3.40. The van der Waals surface area contributed by atoms with Gasteiger partial charge in [-0.2, -0.15) is 13.2 Å². The second-order valence-electron chi connectivity index (χ2n) is 11.7. The quantitative estimate of drug-likeness (QED) is 0.256. The second kappa shape index (κ2) is 11.8. The Bertz CT molecular complexity index is 1120. The lowest BCUT2D eigenvalue weighted by Gasteiger charge is -2.35. The Labute approximate surface area is 223 Å². The highest BCUT2D eigenvalue weighted by atomic mass is 19.4. The summed E-state index contributed by atoms with van der Waals surface area (Å²) in [5, 5.41) is 0. The number of alkyl halides is 3. The van der Waals surface area contributed by atoms with Gasteiger partial charge in [-0.3, -0.25) is 4.90 Å². The van der Waals surface area contributed by atoms with E-state index >= 15 is 0 Å². The topological polar surface area (TPSA) is 55.6 Å². The minimum Gasteiger partial charge on any atom is -0.419 e. The SMILES string of the molecule is NCC1CCC(CN(Cc2cc3c(c(OC(=O)C(F)(F)F)c2)-c2ccccc2C3)CC2CCCCC2)CC1. The molecule has 7 heteroatoms. The molecule has 0 atom stereocenters. The lowest BCUT2D eigenvalue weighted by Crippen LogP contribution is -2.36. The highest BCUT2D eigenvalue weighted by Gasteiger charge is 2.42. The van der Waals surface area contributed by atoms with Crippen molar-refractivity contribution in [1.29, 1.82) is 0 Å². The van der Waals surface area contributed by atoms with E-state index in [2.05, 4.69) is 11.0 Å². The van der Waals surface area contributed by atoms with Gasteiger partial charge in [0, 0.05) is 25.2 Å². The van der Waals surface area contributed by atoms with Gasteiger partial charge < -0.3 is 10.5 Å². The summed E-state index contributed by atoms with van der Waals surface area (Å²) in [6.07, 6.45) is 6.61. The van der Waals surface area contributed by atoms with Crippen LogP contribution >= 0.6 is 0 Å². The number of ether oxygens (including phenoxy) is 1. The van der Waals surface area contributed by atoms with Gasteiger partial charge in [0.15, 0.2) is 0 Å². The zero-order chi connectivity index (χ0) is 26.7. The molecular weight excluding hydrogens is 489 g/mol. The number of hydrogen-bond acceptors (Lipinski definition) is 4. The summed E-state index contributed by atoms with van der Waals surface area (Å²) in [5.41, 5.74) is 10.2. The molecule has 5 rings (SSSR count). The molecule has 0 heterocycles. The number of nitrogens with zero attached hydrogens (tertiary/aromatic N) is 1. The number of nitrogens with two attached hydrogens (primary N) is 1. The molecule has 2 fully saturated rings. The molecule has 0 bridgehead atoms. The van der Waals surface area contributed by atoms with Crippen molar-refractivity contribution in [3.63, 3.8) is 0 Å². The summed E-state index contributed by atoms with van der Waals surface area (Å²) >= 11 is 0. The van der Waals surface area contributed by atoms with Gasteiger partial charge in [-0.05, 0) is 97.6 Å². The Morgan fingerprint density at radius 3 is 2.24 bits per heavy atom. The molecule has 206 valence electrons. The van der Waals surface area contributed by atoms with E-state index in [1.807, 2.05) is 24.3 Å². The van der Waals surface area contributed by atoms with Crippen molar-refractivity contribution in [2.24, 2.45) is 23.5 Å². The van der Waals surface area contributed by atoms with E-state index in [1.165, 1.54) is 57.8 Å². The number of hydrogen-bond donors (Lipinski definition) is 1. The van der Waals surface area contributed by atoms with Crippen LogP contribution in [0, 0.1) is 17.8 Å². The van der Waals surface area contributed by atoms with Crippen LogP contribution < -0.4 is 10.5 Å². The van der Waals surface area contributed by atoms with Crippen LogP contribution in [0.2, 0.25) is 0 Å². The molecule has 2 aromatic rings. The van der Waals surface area contributed by atoms with Crippen LogP contribution in [-0.2, 0) is 17.8 Å². The molecular formula is C31H39F3N2O2. The van der Waals surface area contributed by atoms with Crippen LogP contribution in [0.5, 0.6) is 5.75 Å². The monoisotopic (exact) mass is 528 g/mol. The van der Waals surface area contributed by atoms with Crippen molar-refractivity contribution in [1.82, 2.24) is 4.90 Å². The Kier molecular flexibility index (Phi) is 8.44. The molecule has 2 saturated carbocycles. The van der Waals surface area contributed by atoms with Crippen LogP contribution in [0.4, 0.5) is 13.2 Å². The number of esters is 1. The van der Waals surface area contributed by atoms with E-state index in [1.54, 1.807) is 6.07 Å². The largest absolute Gasteiger partial charge is 0.491 e. The molecule has 2 aromatic carbocycles. The lowest BCUT2D eigenvalue weighted by atomic mass is 9.81. The first kappa shape index (κ1) is 27.2. The van der Waals surface area contributed by atoms with Crippen LogP contribution in [0.3, 0.4) is 0 Å². The van der Waals surface area contributed by atoms with Crippen molar-refractivity contribution in [3.8, 4) is 16.9 Å². The summed E-state index contributed by atoms with van der Waals surface area (Å²) in [4.78, 5) is 14.4. The van der Waals surface area contributed by atoms with Crippen LogP contribution in [0.15, 0.2) is 36.4 Å². The molecule has 0 amide bonds. The highest BCUT2D eigenvalue weighted by molar-refractivity contribution is 5.86. The summed E-state index contributed by atoms with van der Waals surface area (Å²) in [7, 11) is 0. The fraction of sp³-hybridized carbons (Fsp3) is 0.581. The maximum Gasteiger partial charge on any atom is 0.491 e. The minimum atomic E-state index is -5.05. The molecule has 0 radical (unpaired) electrons. The molecule has 3 aliphatic rings. The smallest absolute Gasteiger partial charge is 0.419 e. The van der Waals surface area contributed by atoms with Gasteiger partial charge in [0.1, 0.15) is 5.75 Å². The van der Waals surface area contributed by atoms with Crippen LogP contribution in [-0.4, -0.2) is 36.7 Å². The average Bonchev–Trinajstić information content (AvgIpc) is 3.28. The van der Waals surface area contributed by atoms with Gasteiger partial charge in [-0.1, -0.05) is 49.6 Å². The third kappa shape index (κ3) is 6.42. The first-order valence-corrected chi connectivity index (χ1v) is 14.3. The summed E-state index contributed by atoms with van der Waals surface area (Å²) in [6, 6.07) is 11.4. The van der Waals surface area contributed by atoms with E-state index in [9.17, 15) is 18.0 Å². The first-order chi connectivity index (χ1) is 18.3. The Balaban J connectivity index is 1.41. The fourth-order valence-corrected chi connectivity index (χ4v) is 6.85. The predicted molar refractivity (Wildman–Crippen MR) is 143 cm³/mol. The van der Waals surface area contributed by atoms with Gasteiger partial charge >= 0.3 is 12.1 Å². The van der Waals surface area contributed by atoms with Gasteiger partial charge in [0.05, 0.1) is 0 Å². The predicted octanol–water partition coefficient (Wildman–Crippen LogP) is 6.87. The van der Waals surface area contributed by atoms with Crippen molar-refractivity contribution >= 4 is 5.97 Å². The van der Waals surface area contributed by atoms with Gasteiger partial charge in [-0.25, -0.2) is 4.79 Å². The third-order valence-electron chi connectivity index (χ3n) is 8.81. The fourth-order valence-electron chi connectivity index (χ4n) is 6.85. The minimum absolute atomic E-state index is 0.0193. The average molecular weight is 529 g/mol. The molecule has 2 N–H and O–H groups in total. The maximum atomic E-state index is 13.2. The molecule has 0 aliphatic heterocycles. The highest BCUT2D eigenvalue weighted by Crippen LogP contribution is 2.44. The number of halogens is 3. The number of fused-ring (bicyclic) bond motifs is 3. The van der Waals surface area contributed by atoms with Crippen molar-refractivity contribution in [2.45, 2.75) is 76.9 Å². The standard InChI is InChI=1S/C31H39F3N2O2/c32-31(33,34)30(37)38-28-15-24(14-26-16-25-8-4-5-9-27(25)29(26)28)20-36(18-22-6-2-1-3-7-22)19-23-12-10-21(17-35)11-13-23/h4-5,8-9,14-15,21-23H,1-3,6-7,10-13,16-20,35H2. The molecule has 0 aromatic heterocycles. The lowest BCUT2D eigenvalue weighted by molar-refractivity contribution is -0.189. The summed E-state index contributed by atoms with van der Waals surface area (Å²) in [5.74, 6) is -0.252. The summed E-state index contributed by atoms with van der Waals surface area (Å²) < 4.78 is 44.6. The van der Waals surface area contributed by atoms with Gasteiger partial charge in [0.25, 0.3) is 0 Å². The Morgan fingerprint density at radius 2 is 1.55 bits per heavy atom. The number of rotatable bonds is 8. The van der Waals surface area contributed by atoms with Crippen molar-refractivity contribution < 1.29 is 22.7 Å². The van der Waals surface area contributed by atoms with E-state index in [0.29, 0.717) is 36.3 Å². The van der Waals surface area contributed by atoms with Gasteiger partial charge in [-0.15, -0.1) is 0 Å². The van der Waals surface area contributed by atoms with E-state index in [0.717, 1.165) is 41.9 Å². The molecule has 3 aliphatic carbocycles. The van der Waals surface area contributed by atoms with Crippen molar-refractivity contribution in [3.05, 3.63) is 53.1 Å². The van der Waals surface area contributed by atoms with Crippen LogP contribution in [0.1, 0.15) is 74.5 Å². The van der Waals surface area contributed by atoms with Gasteiger partial charge in [0.2, 0.25) is 0 Å². The number of benzene rings is 2. The molecule has 0 spiro atoms. The maximum absolute atomic E-state index is 13.2. The number of carbonyl (C=O) groups is 1. The van der Waals surface area contributed by atoms with E-state index in [-0.39, 0.29) is 5.75 Å². The zero-order valence-electron chi connectivity index (χ0n) is 22.1. The molecule has 4 nitrogen and oxygen atoms in total. The van der Waals surface area contributed by atoms with E-state index < -0.39 is 12.1 Å². The second-order valence-corrected chi connectivity index (χ2v) is 11.7. The Hall–Kier alpha value is -2.38.